The Morgan fingerprint density at radius 1 is 1.21 bits per heavy atom. The van der Waals surface area contributed by atoms with Gasteiger partial charge in [0.2, 0.25) is 0 Å². The standard InChI is InChI=1S/C10H14N2OSi/c1-9-11-12(14(2,3)13-9)10-7-5-4-6-8-10/h4-8H,1-3H3. The number of hydrazone groups is 1. The Balaban J connectivity index is 2.35. The van der Waals surface area contributed by atoms with Gasteiger partial charge < -0.3 is 4.43 Å². The molecule has 0 N–H and O–H groups in total. The predicted molar refractivity (Wildman–Crippen MR) is 60.6 cm³/mol. The Hall–Kier alpha value is -1.29. The van der Waals surface area contributed by atoms with Crippen molar-refractivity contribution in [2.75, 3.05) is 4.67 Å². The van der Waals surface area contributed by atoms with Crippen molar-refractivity contribution in [2.45, 2.75) is 20.0 Å². The molecule has 1 aromatic rings. The molecule has 0 spiro atoms. The zero-order valence-corrected chi connectivity index (χ0v) is 9.69. The van der Waals surface area contributed by atoms with Gasteiger partial charge >= 0.3 is 8.48 Å². The van der Waals surface area contributed by atoms with Gasteiger partial charge in [-0.1, -0.05) is 18.2 Å². The molecule has 1 aromatic carbocycles. The molecular formula is C10H14N2OSi. The fourth-order valence-corrected chi connectivity index (χ4v) is 3.63. The minimum atomic E-state index is -1.84. The van der Waals surface area contributed by atoms with Crippen LogP contribution >= 0.6 is 0 Å². The average molecular weight is 206 g/mol. The number of hydrogen-bond donors (Lipinski definition) is 0. The first-order valence-electron chi connectivity index (χ1n) is 4.69. The number of benzene rings is 1. The molecule has 2 rings (SSSR count). The summed E-state index contributed by atoms with van der Waals surface area (Å²) in [5.41, 5.74) is 1.11. The number of hydrogen-bond acceptors (Lipinski definition) is 3. The van der Waals surface area contributed by atoms with Crippen molar-refractivity contribution in [1.82, 2.24) is 0 Å². The fraction of sp³-hybridized carbons (Fsp3) is 0.300. The van der Waals surface area contributed by atoms with Crippen LogP contribution in [0.5, 0.6) is 0 Å². The van der Waals surface area contributed by atoms with E-state index in [2.05, 4.69) is 30.3 Å². The van der Waals surface area contributed by atoms with E-state index in [0.29, 0.717) is 0 Å². The highest BCUT2D eigenvalue weighted by atomic mass is 28.4. The van der Waals surface area contributed by atoms with Gasteiger partial charge in [0.15, 0.2) is 5.90 Å². The minimum absolute atomic E-state index is 0.769. The molecule has 1 aliphatic heterocycles. The molecule has 14 heavy (non-hydrogen) atoms. The Morgan fingerprint density at radius 3 is 2.36 bits per heavy atom. The molecular weight excluding hydrogens is 192 g/mol. The second-order valence-electron chi connectivity index (χ2n) is 3.82. The molecule has 1 heterocycles. The molecule has 0 saturated heterocycles. The first-order chi connectivity index (χ1) is 6.59. The fourth-order valence-electron chi connectivity index (χ4n) is 1.62. The van der Waals surface area contributed by atoms with Crippen molar-refractivity contribution >= 4 is 20.1 Å². The molecule has 0 radical (unpaired) electrons. The van der Waals surface area contributed by atoms with Crippen molar-refractivity contribution in [2.24, 2.45) is 5.10 Å². The summed E-state index contributed by atoms with van der Waals surface area (Å²) < 4.78 is 7.76. The maximum Gasteiger partial charge on any atom is 0.376 e. The molecule has 1 aliphatic rings. The van der Waals surface area contributed by atoms with Gasteiger partial charge in [0, 0.05) is 6.92 Å². The van der Waals surface area contributed by atoms with E-state index >= 15 is 0 Å². The van der Waals surface area contributed by atoms with E-state index in [-0.39, 0.29) is 0 Å². The van der Waals surface area contributed by atoms with E-state index in [4.69, 9.17) is 4.43 Å². The summed E-state index contributed by atoms with van der Waals surface area (Å²) in [5.74, 6) is 0.769. The Bertz CT molecular complexity index is 362. The van der Waals surface area contributed by atoms with Gasteiger partial charge in [-0.2, -0.15) is 0 Å². The Morgan fingerprint density at radius 2 is 1.86 bits per heavy atom. The second kappa shape index (κ2) is 3.13. The van der Waals surface area contributed by atoms with Crippen LogP contribution in [0.1, 0.15) is 6.92 Å². The van der Waals surface area contributed by atoms with Crippen LogP contribution in [-0.2, 0) is 4.43 Å². The van der Waals surface area contributed by atoms with Gasteiger partial charge in [0.25, 0.3) is 0 Å². The van der Waals surface area contributed by atoms with E-state index < -0.39 is 8.48 Å². The van der Waals surface area contributed by atoms with Gasteiger partial charge in [0.1, 0.15) is 0 Å². The molecule has 0 aliphatic carbocycles. The number of nitrogens with zero attached hydrogens (tertiary/aromatic N) is 2. The van der Waals surface area contributed by atoms with E-state index in [0.717, 1.165) is 11.6 Å². The minimum Gasteiger partial charge on any atom is -0.512 e. The molecule has 74 valence electrons. The maximum absolute atomic E-state index is 5.73. The highest BCUT2D eigenvalue weighted by molar-refractivity contribution is 6.77. The van der Waals surface area contributed by atoms with Crippen LogP contribution in [0.2, 0.25) is 13.1 Å². The van der Waals surface area contributed by atoms with Crippen molar-refractivity contribution in [3.8, 4) is 0 Å². The van der Waals surface area contributed by atoms with E-state index in [1.54, 1.807) is 0 Å². The van der Waals surface area contributed by atoms with Gasteiger partial charge in [-0.3, -0.25) is 4.67 Å². The van der Waals surface area contributed by atoms with Crippen LogP contribution in [0.4, 0.5) is 5.69 Å². The molecule has 3 nitrogen and oxygen atoms in total. The molecule has 0 unspecified atom stereocenters. The lowest BCUT2D eigenvalue weighted by molar-refractivity contribution is 0.562. The molecule has 0 amide bonds. The summed E-state index contributed by atoms with van der Waals surface area (Å²) in [6.07, 6.45) is 0. The summed E-state index contributed by atoms with van der Waals surface area (Å²) in [5, 5.41) is 4.40. The van der Waals surface area contributed by atoms with Gasteiger partial charge in [0.05, 0.1) is 5.69 Å². The summed E-state index contributed by atoms with van der Waals surface area (Å²) in [4.78, 5) is 0. The summed E-state index contributed by atoms with van der Waals surface area (Å²) >= 11 is 0. The van der Waals surface area contributed by atoms with Gasteiger partial charge in [-0.05, 0) is 25.2 Å². The van der Waals surface area contributed by atoms with Gasteiger partial charge in [-0.25, -0.2) is 0 Å². The predicted octanol–water partition coefficient (Wildman–Crippen LogP) is 2.56. The summed E-state index contributed by atoms with van der Waals surface area (Å²) in [7, 11) is -1.84. The zero-order valence-electron chi connectivity index (χ0n) is 8.69. The van der Waals surface area contributed by atoms with E-state index in [1.165, 1.54) is 0 Å². The van der Waals surface area contributed by atoms with Crippen molar-refractivity contribution in [3.63, 3.8) is 0 Å². The Labute approximate surface area is 85.2 Å². The molecule has 0 atom stereocenters. The van der Waals surface area contributed by atoms with Crippen molar-refractivity contribution in [1.29, 1.82) is 0 Å². The molecule has 0 bridgehead atoms. The third-order valence-corrected chi connectivity index (χ3v) is 4.32. The molecule has 0 saturated carbocycles. The van der Waals surface area contributed by atoms with Crippen LogP contribution in [0.15, 0.2) is 35.4 Å². The molecule has 0 fully saturated rings. The smallest absolute Gasteiger partial charge is 0.376 e. The third kappa shape index (κ3) is 1.53. The zero-order chi connectivity index (χ0) is 10.2. The number of anilines is 1. The topological polar surface area (TPSA) is 24.8 Å². The van der Waals surface area contributed by atoms with E-state index in [9.17, 15) is 0 Å². The first kappa shape index (κ1) is 9.27. The maximum atomic E-state index is 5.73. The lowest BCUT2D eigenvalue weighted by Crippen LogP contribution is -2.44. The SMILES string of the molecule is CC1=NN(c2ccccc2)[Si](C)(C)O1. The number of para-hydroxylation sites is 1. The lowest BCUT2D eigenvalue weighted by Gasteiger charge is -2.25. The second-order valence-corrected chi connectivity index (χ2v) is 7.34. The monoisotopic (exact) mass is 206 g/mol. The first-order valence-corrected chi connectivity index (χ1v) is 7.55. The average Bonchev–Trinajstić information content (AvgIpc) is 2.41. The van der Waals surface area contributed by atoms with Crippen LogP contribution in [0.25, 0.3) is 0 Å². The summed E-state index contributed by atoms with van der Waals surface area (Å²) in [6, 6.07) is 10.2. The van der Waals surface area contributed by atoms with Crippen LogP contribution < -0.4 is 4.67 Å². The van der Waals surface area contributed by atoms with Crippen LogP contribution in [-0.4, -0.2) is 14.4 Å². The van der Waals surface area contributed by atoms with Gasteiger partial charge in [-0.15, -0.1) is 5.10 Å². The van der Waals surface area contributed by atoms with Crippen LogP contribution in [0.3, 0.4) is 0 Å². The molecule has 0 aromatic heterocycles. The van der Waals surface area contributed by atoms with Crippen molar-refractivity contribution in [3.05, 3.63) is 30.3 Å². The van der Waals surface area contributed by atoms with E-state index in [1.807, 2.05) is 29.8 Å². The highest BCUT2D eigenvalue weighted by Crippen LogP contribution is 2.26. The summed E-state index contributed by atoms with van der Waals surface area (Å²) in [6.45, 7) is 6.18. The van der Waals surface area contributed by atoms with Crippen LogP contribution in [0, 0.1) is 0 Å². The number of rotatable bonds is 1. The quantitative estimate of drug-likeness (QED) is 0.660. The Kier molecular flexibility index (Phi) is 2.07. The largest absolute Gasteiger partial charge is 0.512 e. The van der Waals surface area contributed by atoms with Crippen molar-refractivity contribution < 1.29 is 4.43 Å². The lowest BCUT2D eigenvalue weighted by atomic mass is 10.3. The third-order valence-electron chi connectivity index (χ3n) is 2.15. The normalized spacial score (nSPS) is 19.1. The highest BCUT2D eigenvalue weighted by Gasteiger charge is 2.39. The molecule has 4 heteroatoms.